The predicted molar refractivity (Wildman–Crippen MR) is 110 cm³/mol. The van der Waals surface area contributed by atoms with E-state index in [0.717, 1.165) is 0 Å². The third-order valence-corrected chi connectivity index (χ3v) is 5.63. The number of fused-ring (bicyclic) bond motifs is 1. The third-order valence-electron chi connectivity index (χ3n) is 5.63. The van der Waals surface area contributed by atoms with Gasteiger partial charge in [-0.25, -0.2) is 4.79 Å². The molecule has 1 fully saturated rings. The van der Waals surface area contributed by atoms with Crippen LogP contribution in [-0.2, 0) is 9.59 Å². The zero-order valence-electron chi connectivity index (χ0n) is 16.2. The zero-order chi connectivity index (χ0) is 21.4. The lowest BCUT2D eigenvalue weighted by atomic mass is 9.78. The number of nitrogens with one attached hydrogen (secondary N) is 1. The van der Waals surface area contributed by atoms with E-state index in [9.17, 15) is 19.2 Å². The number of hydrogen-bond donors (Lipinski definition) is 2. The van der Waals surface area contributed by atoms with Gasteiger partial charge in [-0.15, -0.1) is 0 Å². The SMILES string of the molecule is C[C@@H]1C=CC[C@@H]2C(=O)N(c3cccc(C(=O)Nc4ccc(C(=O)O)cc4)c3)C(=O)[C@H]12. The molecule has 0 aromatic heterocycles. The Morgan fingerprint density at radius 2 is 1.77 bits per heavy atom. The first kappa shape index (κ1) is 19.6. The van der Waals surface area contributed by atoms with E-state index in [1.54, 1.807) is 18.2 Å². The van der Waals surface area contributed by atoms with Gasteiger partial charge in [-0.2, -0.15) is 0 Å². The number of allylic oxidation sites excluding steroid dienone is 2. The molecule has 1 saturated heterocycles. The number of anilines is 2. The van der Waals surface area contributed by atoms with Gasteiger partial charge >= 0.3 is 5.97 Å². The number of nitrogens with zero attached hydrogens (tertiary/aromatic N) is 1. The fourth-order valence-corrected chi connectivity index (χ4v) is 4.09. The highest BCUT2D eigenvalue weighted by Crippen LogP contribution is 2.40. The van der Waals surface area contributed by atoms with Gasteiger partial charge in [-0.3, -0.25) is 19.3 Å². The van der Waals surface area contributed by atoms with Crippen molar-refractivity contribution in [3.05, 3.63) is 71.8 Å². The molecule has 2 N–H and O–H groups in total. The smallest absolute Gasteiger partial charge is 0.335 e. The standard InChI is InChI=1S/C23H20N2O5/c1-13-4-2-7-18-19(13)22(28)25(21(18)27)17-6-3-5-15(12-17)20(26)24-16-10-8-14(9-11-16)23(29)30/h2-6,8-13,18-19H,7H2,1H3,(H,24,26)(H,29,30)/t13-,18+,19-/m1/s1. The summed E-state index contributed by atoms with van der Waals surface area (Å²) >= 11 is 0. The first-order chi connectivity index (χ1) is 14.4. The molecule has 152 valence electrons. The number of carboxylic acids is 1. The second-order valence-electron chi connectivity index (χ2n) is 7.55. The molecule has 0 unspecified atom stereocenters. The first-order valence-corrected chi connectivity index (χ1v) is 9.66. The van der Waals surface area contributed by atoms with Crippen LogP contribution in [-0.4, -0.2) is 28.8 Å². The van der Waals surface area contributed by atoms with Crippen molar-refractivity contribution in [3.63, 3.8) is 0 Å². The fourth-order valence-electron chi connectivity index (χ4n) is 4.09. The van der Waals surface area contributed by atoms with Gasteiger partial charge in [0.25, 0.3) is 5.91 Å². The van der Waals surface area contributed by atoms with Crippen LogP contribution in [0.1, 0.15) is 34.1 Å². The molecule has 1 aliphatic heterocycles. The van der Waals surface area contributed by atoms with Crippen LogP contribution in [0.3, 0.4) is 0 Å². The highest BCUT2D eigenvalue weighted by Gasteiger charge is 2.50. The molecule has 2 aliphatic rings. The third kappa shape index (κ3) is 3.39. The van der Waals surface area contributed by atoms with Crippen LogP contribution in [0.15, 0.2) is 60.7 Å². The van der Waals surface area contributed by atoms with Gasteiger partial charge in [-0.1, -0.05) is 25.1 Å². The average molecular weight is 404 g/mol. The molecule has 3 amide bonds. The maximum absolute atomic E-state index is 12.9. The lowest BCUT2D eigenvalue weighted by molar-refractivity contribution is -0.122. The molecular weight excluding hydrogens is 384 g/mol. The topological polar surface area (TPSA) is 104 Å². The average Bonchev–Trinajstić information content (AvgIpc) is 2.99. The quantitative estimate of drug-likeness (QED) is 0.601. The Morgan fingerprint density at radius 1 is 1.03 bits per heavy atom. The molecular formula is C23H20N2O5. The number of carbonyl (C=O) groups is 4. The maximum atomic E-state index is 12.9. The van der Waals surface area contributed by atoms with Crippen LogP contribution in [0.4, 0.5) is 11.4 Å². The van der Waals surface area contributed by atoms with Crippen LogP contribution in [0.2, 0.25) is 0 Å². The number of imide groups is 1. The first-order valence-electron chi connectivity index (χ1n) is 9.66. The summed E-state index contributed by atoms with van der Waals surface area (Å²) in [6, 6.07) is 12.2. The number of aromatic carboxylic acids is 1. The second-order valence-corrected chi connectivity index (χ2v) is 7.55. The van der Waals surface area contributed by atoms with E-state index in [-0.39, 0.29) is 40.7 Å². The minimum atomic E-state index is -1.05. The molecule has 1 heterocycles. The van der Waals surface area contributed by atoms with Crippen LogP contribution < -0.4 is 10.2 Å². The second kappa shape index (κ2) is 7.59. The van der Waals surface area contributed by atoms with Crippen molar-refractivity contribution in [2.45, 2.75) is 13.3 Å². The van der Waals surface area contributed by atoms with Crippen LogP contribution in [0.5, 0.6) is 0 Å². The minimum absolute atomic E-state index is 0.00884. The summed E-state index contributed by atoms with van der Waals surface area (Å²) < 4.78 is 0. The maximum Gasteiger partial charge on any atom is 0.335 e. The Balaban J connectivity index is 1.55. The molecule has 0 radical (unpaired) electrons. The van der Waals surface area contributed by atoms with E-state index in [4.69, 9.17) is 5.11 Å². The number of rotatable bonds is 4. The molecule has 30 heavy (non-hydrogen) atoms. The van der Waals surface area contributed by atoms with Crippen LogP contribution in [0, 0.1) is 17.8 Å². The van der Waals surface area contributed by atoms with Gasteiger partial charge in [0.05, 0.1) is 23.1 Å². The van der Waals surface area contributed by atoms with Crippen molar-refractivity contribution >= 4 is 35.1 Å². The summed E-state index contributed by atoms with van der Waals surface area (Å²) in [6.45, 7) is 1.93. The van der Waals surface area contributed by atoms with Crippen molar-refractivity contribution in [2.24, 2.45) is 17.8 Å². The Bertz CT molecular complexity index is 1070. The Hall–Kier alpha value is -3.74. The van der Waals surface area contributed by atoms with E-state index in [2.05, 4.69) is 5.32 Å². The molecule has 0 bridgehead atoms. The van der Waals surface area contributed by atoms with Crippen molar-refractivity contribution in [3.8, 4) is 0 Å². The van der Waals surface area contributed by atoms with Gasteiger partial charge in [-0.05, 0) is 54.8 Å². The number of carbonyl (C=O) groups excluding carboxylic acids is 3. The number of amides is 3. The highest BCUT2D eigenvalue weighted by atomic mass is 16.4. The number of benzene rings is 2. The fraction of sp³-hybridized carbons (Fsp3) is 0.217. The van der Waals surface area contributed by atoms with Crippen molar-refractivity contribution in [2.75, 3.05) is 10.2 Å². The van der Waals surface area contributed by atoms with Gasteiger partial charge in [0.15, 0.2) is 0 Å². The minimum Gasteiger partial charge on any atom is -0.478 e. The number of hydrogen-bond acceptors (Lipinski definition) is 4. The molecule has 0 spiro atoms. The van der Waals surface area contributed by atoms with E-state index >= 15 is 0 Å². The van der Waals surface area contributed by atoms with Crippen molar-refractivity contribution < 1.29 is 24.3 Å². The van der Waals surface area contributed by atoms with E-state index in [1.807, 2.05) is 19.1 Å². The molecule has 7 nitrogen and oxygen atoms in total. The van der Waals surface area contributed by atoms with Crippen molar-refractivity contribution in [1.82, 2.24) is 0 Å². The Labute approximate surface area is 173 Å². The van der Waals surface area contributed by atoms with Crippen molar-refractivity contribution in [1.29, 1.82) is 0 Å². The van der Waals surface area contributed by atoms with E-state index < -0.39 is 11.9 Å². The summed E-state index contributed by atoms with van der Waals surface area (Å²) in [6.07, 6.45) is 4.46. The van der Waals surface area contributed by atoms with Gasteiger partial charge in [0.1, 0.15) is 0 Å². The normalized spacial score (nSPS) is 22.7. The van der Waals surface area contributed by atoms with Gasteiger partial charge in [0.2, 0.25) is 11.8 Å². The molecule has 2 aromatic rings. The van der Waals surface area contributed by atoms with Gasteiger partial charge < -0.3 is 10.4 Å². The molecule has 4 rings (SSSR count). The lowest BCUT2D eigenvalue weighted by Gasteiger charge is -2.22. The zero-order valence-corrected chi connectivity index (χ0v) is 16.2. The summed E-state index contributed by atoms with van der Waals surface area (Å²) in [5.74, 6) is -2.68. The summed E-state index contributed by atoms with van der Waals surface area (Å²) in [4.78, 5) is 50.6. The van der Waals surface area contributed by atoms with E-state index in [1.165, 1.54) is 35.2 Å². The summed E-state index contributed by atoms with van der Waals surface area (Å²) in [7, 11) is 0. The van der Waals surface area contributed by atoms with E-state index in [0.29, 0.717) is 17.8 Å². The Morgan fingerprint density at radius 3 is 2.43 bits per heavy atom. The highest BCUT2D eigenvalue weighted by molar-refractivity contribution is 6.22. The van der Waals surface area contributed by atoms with Crippen LogP contribution >= 0.6 is 0 Å². The number of carboxylic acid groups (broad SMARTS) is 1. The molecule has 7 heteroatoms. The molecule has 1 aliphatic carbocycles. The summed E-state index contributed by atoms with van der Waals surface area (Å²) in [5, 5.41) is 11.6. The van der Waals surface area contributed by atoms with Crippen LogP contribution in [0.25, 0.3) is 0 Å². The lowest BCUT2D eigenvalue weighted by Crippen LogP contribution is -2.31. The monoisotopic (exact) mass is 404 g/mol. The summed E-state index contributed by atoms with van der Waals surface area (Å²) in [5.41, 5.74) is 1.22. The molecule has 0 saturated carbocycles. The van der Waals surface area contributed by atoms with Gasteiger partial charge in [0, 0.05) is 11.3 Å². The molecule has 3 atom stereocenters. The molecule has 2 aromatic carbocycles. The predicted octanol–water partition coefficient (Wildman–Crippen LogP) is 3.34. The largest absolute Gasteiger partial charge is 0.478 e. The Kier molecular flexibility index (Phi) is 4.95.